The molecule has 16 heavy (non-hydrogen) atoms. The maximum Gasteiger partial charge on any atom is 0.240 e. The van der Waals surface area contributed by atoms with Crippen molar-refractivity contribution in [1.82, 2.24) is 4.72 Å². The van der Waals surface area contributed by atoms with E-state index in [-0.39, 0.29) is 0 Å². The van der Waals surface area contributed by atoms with Crippen LogP contribution in [-0.4, -0.2) is 15.0 Å². The lowest BCUT2D eigenvalue weighted by molar-refractivity contribution is 0.583. The molecular weight excluding hydrogens is 222 g/mol. The Kier molecular flexibility index (Phi) is 3.76. The monoisotopic (exact) mass is 241 g/mol. The summed E-state index contributed by atoms with van der Waals surface area (Å²) in [5, 5.41) is 0. The van der Waals surface area contributed by atoms with Gasteiger partial charge in [0.2, 0.25) is 10.0 Å². The van der Waals surface area contributed by atoms with Crippen molar-refractivity contribution >= 4 is 10.0 Å². The third kappa shape index (κ3) is 2.28. The smallest absolute Gasteiger partial charge is 0.211 e. The van der Waals surface area contributed by atoms with Gasteiger partial charge in [0, 0.05) is 6.54 Å². The molecule has 3 nitrogen and oxygen atoms in total. The molecule has 0 aliphatic heterocycles. The summed E-state index contributed by atoms with van der Waals surface area (Å²) in [6.07, 6.45) is 0. The third-order valence-corrected chi connectivity index (χ3v) is 4.73. The highest BCUT2D eigenvalue weighted by molar-refractivity contribution is 7.89. The van der Waals surface area contributed by atoms with E-state index in [2.05, 4.69) is 4.72 Å². The van der Waals surface area contributed by atoms with E-state index < -0.39 is 10.0 Å². The molecule has 0 bridgehead atoms. The summed E-state index contributed by atoms with van der Waals surface area (Å²) in [7, 11) is -3.35. The molecule has 4 heteroatoms. The zero-order valence-corrected chi connectivity index (χ0v) is 11.3. The molecule has 0 heterocycles. The predicted octanol–water partition coefficient (Wildman–Crippen LogP) is 2.22. The quantitative estimate of drug-likeness (QED) is 0.882. The Labute approximate surface area is 97.9 Å². The second-order valence-corrected chi connectivity index (χ2v) is 5.80. The van der Waals surface area contributed by atoms with Crippen LogP contribution in [0.4, 0.5) is 0 Å². The Balaban J connectivity index is 3.48. The summed E-state index contributed by atoms with van der Waals surface area (Å²) in [6.45, 7) is 9.96. The highest BCUT2D eigenvalue weighted by Gasteiger charge is 2.18. The van der Waals surface area contributed by atoms with Crippen LogP contribution in [0, 0.1) is 27.7 Å². The molecule has 1 aromatic carbocycles. The Morgan fingerprint density at radius 3 is 2.12 bits per heavy atom. The first kappa shape index (κ1) is 13.2. The van der Waals surface area contributed by atoms with Gasteiger partial charge in [-0.1, -0.05) is 6.92 Å². The molecule has 1 aromatic rings. The first-order chi connectivity index (χ1) is 7.31. The number of hydrogen-bond donors (Lipinski definition) is 1. The van der Waals surface area contributed by atoms with Crippen molar-refractivity contribution in [2.24, 2.45) is 0 Å². The highest BCUT2D eigenvalue weighted by atomic mass is 32.2. The second-order valence-electron chi connectivity index (χ2n) is 4.07. The molecule has 0 amide bonds. The van der Waals surface area contributed by atoms with Gasteiger partial charge in [-0.15, -0.1) is 0 Å². The maximum atomic E-state index is 12.0. The summed E-state index contributed by atoms with van der Waals surface area (Å²) >= 11 is 0. The lowest BCUT2D eigenvalue weighted by Gasteiger charge is -2.14. The van der Waals surface area contributed by atoms with Gasteiger partial charge in [0.15, 0.2) is 0 Å². The first-order valence-corrected chi connectivity index (χ1v) is 6.86. The molecule has 90 valence electrons. The molecule has 0 spiro atoms. The van der Waals surface area contributed by atoms with Gasteiger partial charge in [0.1, 0.15) is 0 Å². The Bertz CT molecular complexity index is 504. The number of benzene rings is 1. The van der Waals surface area contributed by atoms with Gasteiger partial charge in [-0.05, 0) is 56.0 Å². The van der Waals surface area contributed by atoms with Crippen LogP contribution < -0.4 is 4.72 Å². The average Bonchev–Trinajstić information content (AvgIpc) is 2.20. The number of aryl methyl sites for hydroxylation is 1. The van der Waals surface area contributed by atoms with Crippen LogP contribution in [0.3, 0.4) is 0 Å². The lowest BCUT2D eigenvalue weighted by Crippen LogP contribution is -2.24. The molecular formula is C12H19NO2S. The van der Waals surface area contributed by atoms with E-state index in [0.717, 1.165) is 22.3 Å². The van der Waals surface area contributed by atoms with Crippen molar-refractivity contribution in [3.05, 3.63) is 28.3 Å². The fourth-order valence-electron chi connectivity index (χ4n) is 1.72. The summed E-state index contributed by atoms with van der Waals surface area (Å²) in [5.74, 6) is 0. The van der Waals surface area contributed by atoms with Gasteiger partial charge in [-0.2, -0.15) is 0 Å². The SMILES string of the molecule is CCNS(=O)(=O)c1cc(C)c(C)c(C)c1C. The first-order valence-electron chi connectivity index (χ1n) is 5.38. The van der Waals surface area contributed by atoms with Crippen LogP contribution in [-0.2, 0) is 10.0 Å². The van der Waals surface area contributed by atoms with Crippen LogP contribution in [0.25, 0.3) is 0 Å². The van der Waals surface area contributed by atoms with Gasteiger partial charge in [-0.3, -0.25) is 0 Å². The van der Waals surface area contributed by atoms with Crippen molar-refractivity contribution in [2.45, 2.75) is 39.5 Å². The number of hydrogen-bond acceptors (Lipinski definition) is 2. The third-order valence-electron chi connectivity index (χ3n) is 3.06. The van der Waals surface area contributed by atoms with Gasteiger partial charge in [0.05, 0.1) is 4.90 Å². The highest BCUT2D eigenvalue weighted by Crippen LogP contribution is 2.24. The fraction of sp³-hybridized carbons (Fsp3) is 0.500. The Morgan fingerprint density at radius 1 is 1.06 bits per heavy atom. The molecule has 1 rings (SSSR count). The standard InChI is InChI=1S/C12H19NO2S/c1-6-13-16(14,15)12-7-8(2)9(3)10(4)11(12)5/h7,13H,6H2,1-5H3. The zero-order chi connectivity index (χ0) is 12.5. The normalized spacial score (nSPS) is 11.8. The molecule has 0 aliphatic rings. The molecule has 0 aromatic heterocycles. The molecule has 0 fully saturated rings. The van der Waals surface area contributed by atoms with Gasteiger partial charge in [0.25, 0.3) is 0 Å². The zero-order valence-electron chi connectivity index (χ0n) is 10.5. The van der Waals surface area contributed by atoms with Crippen LogP contribution in [0.1, 0.15) is 29.2 Å². The number of nitrogens with one attached hydrogen (secondary N) is 1. The minimum atomic E-state index is -3.35. The summed E-state index contributed by atoms with van der Waals surface area (Å²) in [5.41, 5.74) is 4.06. The molecule has 0 aliphatic carbocycles. The van der Waals surface area contributed by atoms with E-state index in [1.165, 1.54) is 0 Å². The van der Waals surface area contributed by atoms with E-state index in [9.17, 15) is 8.42 Å². The molecule has 0 saturated carbocycles. The Hall–Kier alpha value is -0.870. The fourth-order valence-corrected chi connectivity index (χ4v) is 3.15. The summed E-state index contributed by atoms with van der Waals surface area (Å²) < 4.78 is 26.4. The van der Waals surface area contributed by atoms with Gasteiger partial charge >= 0.3 is 0 Å². The van der Waals surface area contributed by atoms with E-state index >= 15 is 0 Å². The maximum absolute atomic E-state index is 12.0. The van der Waals surface area contributed by atoms with Crippen molar-refractivity contribution in [3.8, 4) is 0 Å². The van der Waals surface area contributed by atoms with Crippen molar-refractivity contribution in [2.75, 3.05) is 6.54 Å². The van der Waals surface area contributed by atoms with E-state index in [4.69, 9.17) is 0 Å². The van der Waals surface area contributed by atoms with Crippen molar-refractivity contribution in [3.63, 3.8) is 0 Å². The summed E-state index contributed by atoms with van der Waals surface area (Å²) in [4.78, 5) is 0.398. The number of sulfonamides is 1. The topological polar surface area (TPSA) is 46.2 Å². The van der Waals surface area contributed by atoms with Crippen molar-refractivity contribution in [1.29, 1.82) is 0 Å². The molecule has 1 N–H and O–H groups in total. The van der Waals surface area contributed by atoms with Crippen molar-refractivity contribution < 1.29 is 8.42 Å². The summed E-state index contributed by atoms with van der Waals surface area (Å²) in [6, 6.07) is 1.75. The second kappa shape index (κ2) is 4.55. The number of rotatable bonds is 3. The Morgan fingerprint density at radius 2 is 1.62 bits per heavy atom. The average molecular weight is 241 g/mol. The van der Waals surface area contributed by atoms with E-state index in [1.54, 1.807) is 13.0 Å². The van der Waals surface area contributed by atoms with Gasteiger partial charge < -0.3 is 0 Å². The molecule has 0 saturated heterocycles. The molecule has 0 radical (unpaired) electrons. The van der Waals surface area contributed by atoms with E-state index in [0.29, 0.717) is 11.4 Å². The molecule has 0 atom stereocenters. The lowest BCUT2D eigenvalue weighted by atomic mass is 10.00. The predicted molar refractivity (Wildman–Crippen MR) is 66.3 cm³/mol. The minimum absolute atomic E-state index is 0.398. The van der Waals surface area contributed by atoms with E-state index in [1.807, 2.05) is 27.7 Å². The van der Waals surface area contributed by atoms with Gasteiger partial charge in [-0.25, -0.2) is 13.1 Å². The largest absolute Gasteiger partial charge is 0.240 e. The molecule has 0 unspecified atom stereocenters. The van der Waals surface area contributed by atoms with Crippen LogP contribution in [0.2, 0.25) is 0 Å². The van der Waals surface area contributed by atoms with Crippen LogP contribution in [0.15, 0.2) is 11.0 Å². The minimum Gasteiger partial charge on any atom is -0.211 e. The van der Waals surface area contributed by atoms with Crippen LogP contribution >= 0.6 is 0 Å². The van der Waals surface area contributed by atoms with Crippen LogP contribution in [0.5, 0.6) is 0 Å².